The quantitative estimate of drug-likeness (QED) is 0.291. The molecule has 1 unspecified atom stereocenters. The van der Waals surface area contributed by atoms with Gasteiger partial charge in [0.1, 0.15) is 11.5 Å². The molecule has 2 heterocycles. The van der Waals surface area contributed by atoms with E-state index in [9.17, 15) is 9.18 Å². The third-order valence-corrected chi connectivity index (χ3v) is 6.78. The summed E-state index contributed by atoms with van der Waals surface area (Å²) in [5.41, 5.74) is 5.60. The van der Waals surface area contributed by atoms with E-state index >= 15 is 0 Å². The number of nitrogens with zero attached hydrogens (tertiary/aromatic N) is 3. The van der Waals surface area contributed by atoms with E-state index in [-0.39, 0.29) is 24.1 Å². The minimum Gasteiger partial charge on any atom is -0.306 e. The number of carbonyl (C=O) groups excluding carboxylic acids is 1. The summed E-state index contributed by atoms with van der Waals surface area (Å²) < 4.78 is 16.6. The van der Waals surface area contributed by atoms with Crippen molar-refractivity contribution < 1.29 is 9.18 Å². The first-order valence-electron chi connectivity index (χ1n) is 12.6. The van der Waals surface area contributed by atoms with Gasteiger partial charge >= 0.3 is 0 Å². The number of rotatable bonds is 10. The molecule has 2 aromatic heterocycles. The Hall–Kier alpha value is -3.64. The average Bonchev–Trinajstić information content (AvgIpc) is 3.65. The van der Waals surface area contributed by atoms with E-state index in [0.29, 0.717) is 17.2 Å². The maximum absolute atomic E-state index is 15.0. The van der Waals surface area contributed by atoms with Gasteiger partial charge < -0.3 is 5.32 Å². The molecule has 4 aromatic rings. The van der Waals surface area contributed by atoms with Crippen molar-refractivity contribution in [2.45, 2.75) is 45.6 Å². The first-order chi connectivity index (χ1) is 17.5. The summed E-state index contributed by atoms with van der Waals surface area (Å²) in [4.78, 5) is 17.6. The molecule has 5 nitrogen and oxygen atoms in total. The van der Waals surface area contributed by atoms with Crippen LogP contribution in [0.4, 0.5) is 4.39 Å². The van der Waals surface area contributed by atoms with Crippen LogP contribution in [0.1, 0.15) is 64.2 Å². The monoisotopic (exact) mass is 482 g/mol. The number of aromatic nitrogens is 3. The molecule has 0 saturated heterocycles. The zero-order valence-corrected chi connectivity index (χ0v) is 20.7. The van der Waals surface area contributed by atoms with Gasteiger partial charge in [0.2, 0.25) is 0 Å². The highest BCUT2D eigenvalue weighted by molar-refractivity contribution is 5.96. The second-order valence-electron chi connectivity index (χ2n) is 9.62. The van der Waals surface area contributed by atoms with E-state index in [1.165, 1.54) is 24.5 Å². The van der Waals surface area contributed by atoms with E-state index in [1.54, 1.807) is 29.2 Å². The molecule has 0 aliphatic heterocycles. The van der Waals surface area contributed by atoms with Crippen molar-refractivity contribution in [3.05, 3.63) is 113 Å². The average molecular weight is 483 g/mol. The SMILES string of the molecule is CCc1cccc(-n2nc(C)cc2C(=O)Cc2cc(C(NCC3CC3)c3ccncc3)ccc2F)c1. The molecule has 1 atom stereocenters. The fraction of sp³-hybridized carbons (Fsp3) is 0.300. The fourth-order valence-electron chi connectivity index (χ4n) is 4.57. The molecule has 5 rings (SSSR count). The maximum atomic E-state index is 15.0. The lowest BCUT2D eigenvalue weighted by atomic mass is 9.95. The van der Waals surface area contributed by atoms with Gasteiger partial charge in [-0.15, -0.1) is 0 Å². The summed E-state index contributed by atoms with van der Waals surface area (Å²) >= 11 is 0. The van der Waals surface area contributed by atoms with Crippen LogP contribution in [-0.2, 0) is 12.8 Å². The molecular weight excluding hydrogens is 451 g/mol. The highest BCUT2D eigenvalue weighted by Gasteiger charge is 2.24. The summed E-state index contributed by atoms with van der Waals surface area (Å²) in [6.45, 7) is 4.87. The van der Waals surface area contributed by atoms with Crippen molar-refractivity contribution in [1.82, 2.24) is 20.1 Å². The van der Waals surface area contributed by atoms with E-state index in [4.69, 9.17) is 0 Å². The number of aryl methyl sites for hydroxylation is 2. The van der Waals surface area contributed by atoms with Gasteiger partial charge in [0.25, 0.3) is 0 Å². The van der Waals surface area contributed by atoms with Crippen molar-refractivity contribution in [1.29, 1.82) is 0 Å². The van der Waals surface area contributed by atoms with Crippen LogP contribution in [0.25, 0.3) is 5.69 Å². The van der Waals surface area contributed by atoms with Crippen molar-refractivity contribution in [2.75, 3.05) is 6.54 Å². The molecule has 2 aromatic carbocycles. The summed E-state index contributed by atoms with van der Waals surface area (Å²) in [6.07, 6.45) is 6.88. The smallest absolute Gasteiger partial charge is 0.185 e. The van der Waals surface area contributed by atoms with Gasteiger partial charge in [-0.25, -0.2) is 9.07 Å². The predicted molar refractivity (Wildman–Crippen MR) is 139 cm³/mol. The lowest BCUT2D eigenvalue weighted by Crippen LogP contribution is -2.25. The maximum Gasteiger partial charge on any atom is 0.185 e. The number of Topliss-reactive ketones (excluding diaryl/α,β-unsaturated/α-hetero) is 1. The highest BCUT2D eigenvalue weighted by Crippen LogP contribution is 2.30. The molecule has 0 amide bonds. The lowest BCUT2D eigenvalue weighted by Gasteiger charge is -2.21. The zero-order valence-electron chi connectivity index (χ0n) is 20.7. The molecule has 1 fully saturated rings. The van der Waals surface area contributed by atoms with Crippen LogP contribution >= 0.6 is 0 Å². The summed E-state index contributed by atoms with van der Waals surface area (Å²) in [7, 11) is 0. The van der Waals surface area contributed by atoms with Gasteiger partial charge in [-0.2, -0.15) is 5.10 Å². The molecule has 1 aliphatic carbocycles. The largest absolute Gasteiger partial charge is 0.306 e. The normalized spacial score (nSPS) is 14.1. The fourth-order valence-corrected chi connectivity index (χ4v) is 4.57. The van der Waals surface area contributed by atoms with Crippen LogP contribution in [-0.4, -0.2) is 27.1 Å². The number of hydrogen-bond acceptors (Lipinski definition) is 4. The molecule has 1 aliphatic rings. The number of carbonyl (C=O) groups is 1. The van der Waals surface area contributed by atoms with E-state index < -0.39 is 0 Å². The van der Waals surface area contributed by atoms with Crippen LogP contribution in [0.5, 0.6) is 0 Å². The predicted octanol–water partition coefficient (Wildman–Crippen LogP) is 5.79. The Bertz CT molecular complexity index is 1360. The van der Waals surface area contributed by atoms with E-state index in [0.717, 1.165) is 35.5 Å². The molecule has 6 heteroatoms. The molecular formula is C30H31FN4O. The summed E-state index contributed by atoms with van der Waals surface area (Å²) in [5, 5.41) is 8.20. The van der Waals surface area contributed by atoms with Crippen LogP contribution < -0.4 is 5.32 Å². The highest BCUT2D eigenvalue weighted by atomic mass is 19.1. The third kappa shape index (κ3) is 5.44. The van der Waals surface area contributed by atoms with Crippen molar-refractivity contribution in [3.8, 4) is 5.69 Å². The van der Waals surface area contributed by atoms with Crippen LogP contribution in [0.15, 0.2) is 73.1 Å². The Labute approximate surface area is 211 Å². The van der Waals surface area contributed by atoms with Gasteiger partial charge in [-0.3, -0.25) is 9.78 Å². The standard InChI is InChI=1S/C30H31FN4O/c1-3-21-5-4-6-26(16-21)35-28(15-20(2)34-35)29(36)18-25-17-24(9-10-27(25)31)30(33-19-22-7-8-22)23-11-13-32-14-12-23/h4-6,9-17,22,30,33H,3,7-8,18-19H2,1-2H3. The topological polar surface area (TPSA) is 59.8 Å². The van der Waals surface area contributed by atoms with Gasteiger partial charge in [0, 0.05) is 18.8 Å². The molecule has 0 spiro atoms. The number of hydrogen-bond donors (Lipinski definition) is 1. The lowest BCUT2D eigenvalue weighted by molar-refractivity contribution is 0.0984. The number of halogens is 1. The Kier molecular flexibility index (Phi) is 7.05. The minimum absolute atomic E-state index is 0.0377. The zero-order chi connectivity index (χ0) is 25.1. The van der Waals surface area contributed by atoms with Crippen LogP contribution in [0.2, 0.25) is 0 Å². The van der Waals surface area contributed by atoms with Gasteiger partial charge in [-0.05, 0) is 97.3 Å². The van der Waals surface area contributed by atoms with E-state index in [1.807, 2.05) is 43.3 Å². The number of ketones is 1. The third-order valence-electron chi connectivity index (χ3n) is 6.78. The van der Waals surface area contributed by atoms with Crippen molar-refractivity contribution in [3.63, 3.8) is 0 Å². The Morgan fingerprint density at radius 1 is 1.08 bits per heavy atom. The second-order valence-corrected chi connectivity index (χ2v) is 9.62. The molecule has 184 valence electrons. The van der Waals surface area contributed by atoms with Crippen LogP contribution in [0, 0.1) is 18.7 Å². The number of pyridine rings is 1. The number of benzene rings is 2. The van der Waals surface area contributed by atoms with Crippen molar-refractivity contribution in [2.24, 2.45) is 5.92 Å². The first-order valence-corrected chi connectivity index (χ1v) is 12.6. The summed E-state index contributed by atoms with van der Waals surface area (Å²) in [5.74, 6) is 0.157. The molecule has 1 N–H and O–H groups in total. The molecule has 1 saturated carbocycles. The molecule has 0 bridgehead atoms. The second kappa shape index (κ2) is 10.5. The molecule has 0 radical (unpaired) electrons. The van der Waals surface area contributed by atoms with Crippen molar-refractivity contribution >= 4 is 5.78 Å². The van der Waals surface area contributed by atoms with Crippen LogP contribution in [0.3, 0.4) is 0 Å². The van der Waals surface area contributed by atoms with Gasteiger partial charge in [0.15, 0.2) is 5.78 Å². The minimum atomic E-state index is -0.376. The molecule has 36 heavy (non-hydrogen) atoms. The Balaban J connectivity index is 1.43. The van der Waals surface area contributed by atoms with Gasteiger partial charge in [0.05, 0.1) is 17.4 Å². The summed E-state index contributed by atoms with van der Waals surface area (Å²) in [6, 6.07) is 18.7. The van der Waals surface area contributed by atoms with E-state index in [2.05, 4.69) is 28.4 Å². The van der Waals surface area contributed by atoms with Gasteiger partial charge in [-0.1, -0.05) is 31.2 Å². The Morgan fingerprint density at radius 3 is 2.64 bits per heavy atom. The Morgan fingerprint density at radius 2 is 1.89 bits per heavy atom. The first kappa shape index (κ1) is 24.1. The number of nitrogens with one attached hydrogen (secondary N) is 1.